The van der Waals surface area contributed by atoms with Crippen molar-refractivity contribution in [1.82, 2.24) is 4.98 Å². The predicted molar refractivity (Wildman–Crippen MR) is 78.4 cm³/mol. The van der Waals surface area contributed by atoms with Crippen LogP contribution in [0.2, 0.25) is 0 Å². The molecule has 0 saturated heterocycles. The van der Waals surface area contributed by atoms with Crippen molar-refractivity contribution in [1.29, 1.82) is 0 Å². The highest BCUT2D eigenvalue weighted by Crippen LogP contribution is 2.36. The Labute approximate surface area is 123 Å². The van der Waals surface area contributed by atoms with Crippen molar-refractivity contribution in [3.8, 4) is 11.5 Å². The Bertz CT molecular complexity index is 604. The van der Waals surface area contributed by atoms with Gasteiger partial charge < -0.3 is 20.3 Å². The molecule has 2 unspecified atom stereocenters. The summed E-state index contributed by atoms with van der Waals surface area (Å²) in [5.41, 5.74) is 7.61. The zero-order valence-corrected chi connectivity index (χ0v) is 11.6. The third kappa shape index (κ3) is 2.84. The summed E-state index contributed by atoms with van der Waals surface area (Å²) in [6.45, 7) is 1.44. The van der Waals surface area contributed by atoms with E-state index in [1.165, 1.54) is 0 Å². The highest BCUT2D eigenvalue weighted by molar-refractivity contribution is 5.45. The molecule has 2 aromatic rings. The van der Waals surface area contributed by atoms with Gasteiger partial charge in [0.2, 0.25) is 0 Å². The van der Waals surface area contributed by atoms with Gasteiger partial charge in [0, 0.05) is 24.9 Å². The van der Waals surface area contributed by atoms with Crippen LogP contribution in [0, 0.1) is 0 Å². The third-order valence-electron chi connectivity index (χ3n) is 3.68. The number of hydrogen-bond acceptors (Lipinski definition) is 5. The van der Waals surface area contributed by atoms with Gasteiger partial charge in [-0.3, -0.25) is 4.98 Å². The third-order valence-corrected chi connectivity index (χ3v) is 3.68. The molecule has 0 saturated carbocycles. The summed E-state index contributed by atoms with van der Waals surface area (Å²) in [4.78, 5) is 3.96. The van der Waals surface area contributed by atoms with Gasteiger partial charge in [0.05, 0.1) is 6.10 Å². The molecule has 0 fully saturated rings. The Kier molecular flexibility index (Phi) is 4.03. The van der Waals surface area contributed by atoms with Gasteiger partial charge in [-0.05, 0) is 35.4 Å². The first kappa shape index (κ1) is 13.9. The number of rotatable bonds is 4. The first-order chi connectivity index (χ1) is 10.3. The summed E-state index contributed by atoms with van der Waals surface area (Å²) in [5, 5.41) is 10.6. The maximum atomic E-state index is 10.6. The Morgan fingerprint density at radius 3 is 2.48 bits per heavy atom. The van der Waals surface area contributed by atoms with Crippen LogP contribution in [0.5, 0.6) is 11.5 Å². The van der Waals surface area contributed by atoms with Crippen LogP contribution in [0.15, 0.2) is 42.7 Å². The van der Waals surface area contributed by atoms with E-state index in [-0.39, 0.29) is 5.92 Å². The predicted octanol–water partition coefficient (Wildman–Crippen LogP) is 1.63. The van der Waals surface area contributed by atoms with E-state index in [0.29, 0.717) is 25.5 Å². The van der Waals surface area contributed by atoms with Crippen molar-refractivity contribution < 1.29 is 14.6 Å². The number of fused-ring (bicyclic) bond motifs is 1. The normalized spacial score (nSPS) is 16.3. The summed E-state index contributed by atoms with van der Waals surface area (Å²) >= 11 is 0. The first-order valence-corrected chi connectivity index (χ1v) is 6.97. The number of aliphatic hydroxyl groups excluding tert-OH is 1. The molecule has 1 aromatic heterocycles. The van der Waals surface area contributed by atoms with Crippen LogP contribution >= 0.6 is 0 Å². The quantitative estimate of drug-likeness (QED) is 0.893. The molecule has 2 heterocycles. The minimum Gasteiger partial charge on any atom is -0.486 e. The SMILES string of the molecule is NCC(c1ccc2c(c1)OCCO2)C(O)c1ccncc1. The monoisotopic (exact) mass is 286 g/mol. The van der Waals surface area contributed by atoms with Crippen molar-refractivity contribution in [2.24, 2.45) is 5.73 Å². The highest BCUT2D eigenvalue weighted by atomic mass is 16.6. The molecule has 0 aliphatic carbocycles. The van der Waals surface area contributed by atoms with E-state index in [2.05, 4.69) is 4.98 Å². The topological polar surface area (TPSA) is 77.6 Å². The van der Waals surface area contributed by atoms with Crippen molar-refractivity contribution in [3.05, 3.63) is 53.9 Å². The van der Waals surface area contributed by atoms with E-state index in [9.17, 15) is 5.11 Å². The maximum Gasteiger partial charge on any atom is 0.161 e. The number of benzene rings is 1. The molecule has 3 rings (SSSR count). The van der Waals surface area contributed by atoms with Crippen molar-refractivity contribution in [2.45, 2.75) is 12.0 Å². The molecular formula is C16H18N2O3. The molecular weight excluding hydrogens is 268 g/mol. The number of nitrogens with zero attached hydrogens (tertiary/aromatic N) is 1. The molecule has 5 nitrogen and oxygen atoms in total. The van der Waals surface area contributed by atoms with Gasteiger partial charge in [-0.1, -0.05) is 6.07 Å². The lowest BCUT2D eigenvalue weighted by atomic mass is 9.89. The molecule has 2 atom stereocenters. The maximum absolute atomic E-state index is 10.6. The molecule has 21 heavy (non-hydrogen) atoms. The fourth-order valence-electron chi connectivity index (χ4n) is 2.53. The summed E-state index contributed by atoms with van der Waals surface area (Å²) in [7, 11) is 0. The minimum absolute atomic E-state index is 0.205. The Balaban J connectivity index is 1.89. The smallest absolute Gasteiger partial charge is 0.161 e. The van der Waals surface area contributed by atoms with Gasteiger partial charge in [-0.25, -0.2) is 0 Å². The Morgan fingerprint density at radius 2 is 1.76 bits per heavy atom. The zero-order chi connectivity index (χ0) is 14.7. The van der Waals surface area contributed by atoms with Gasteiger partial charge in [-0.15, -0.1) is 0 Å². The number of aliphatic hydroxyl groups is 1. The van der Waals surface area contributed by atoms with Crippen LogP contribution in [0.1, 0.15) is 23.1 Å². The Hall–Kier alpha value is -2.11. The number of pyridine rings is 1. The lowest BCUT2D eigenvalue weighted by molar-refractivity contribution is 0.146. The standard InChI is InChI=1S/C16H18N2O3/c17-10-13(16(19)11-3-5-18-6-4-11)12-1-2-14-15(9-12)21-8-7-20-14/h1-6,9,13,16,19H,7-8,10,17H2. The Morgan fingerprint density at radius 1 is 1.05 bits per heavy atom. The molecule has 0 amide bonds. The molecule has 1 aliphatic rings. The summed E-state index contributed by atoms with van der Waals surface area (Å²) in [6, 6.07) is 9.29. The van der Waals surface area contributed by atoms with E-state index in [4.69, 9.17) is 15.2 Å². The van der Waals surface area contributed by atoms with Crippen LogP contribution in [0.25, 0.3) is 0 Å². The van der Waals surface area contributed by atoms with Crippen LogP contribution in [-0.4, -0.2) is 29.8 Å². The number of ether oxygens (including phenoxy) is 2. The van der Waals surface area contributed by atoms with Crippen molar-refractivity contribution >= 4 is 0 Å². The van der Waals surface area contributed by atoms with Gasteiger partial charge in [0.1, 0.15) is 13.2 Å². The summed E-state index contributed by atoms with van der Waals surface area (Å²) < 4.78 is 11.1. The first-order valence-electron chi connectivity index (χ1n) is 6.97. The second-order valence-corrected chi connectivity index (χ2v) is 4.97. The van der Waals surface area contributed by atoms with Gasteiger partial charge in [0.25, 0.3) is 0 Å². The van der Waals surface area contributed by atoms with Gasteiger partial charge in [0.15, 0.2) is 11.5 Å². The van der Waals surface area contributed by atoms with Crippen LogP contribution in [0.3, 0.4) is 0 Å². The lowest BCUT2D eigenvalue weighted by Crippen LogP contribution is -2.21. The van der Waals surface area contributed by atoms with Crippen molar-refractivity contribution in [3.63, 3.8) is 0 Å². The van der Waals surface area contributed by atoms with E-state index in [1.807, 2.05) is 18.2 Å². The van der Waals surface area contributed by atoms with E-state index in [0.717, 1.165) is 16.9 Å². The molecule has 1 aromatic carbocycles. The van der Waals surface area contributed by atoms with Crippen LogP contribution < -0.4 is 15.2 Å². The van der Waals surface area contributed by atoms with Crippen LogP contribution in [0.4, 0.5) is 0 Å². The number of nitrogens with two attached hydrogens (primary N) is 1. The number of aromatic nitrogens is 1. The second kappa shape index (κ2) is 6.11. The molecule has 1 aliphatic heterocycles. The lowest BCUT2D eigenvalue weighted by Gasteiger charge is -2.24. The van der Waals surface area contributed by atoms with Crippen molar-refractivity contribution in [2.75, 3.05) is 19.8 Å². The van der Waals surface area contributed by atoms with Gasteiger partial charge >= 0.3 is 0 Å². The highest BCUT2D eigenvalue weighted by Gasteiger charge is 2.23. The fourth-order valence-corrected chi connectivity index (χ4v) is 2.53. The number of hydrogen-bond donors (Lipinski definition) is 2. The van der Waals surface area contributed by atoms with E-state index >= 15 is 0 Å². The van der Waals surface area contributed by atoms with E-state index in [1.54, 1.807) is 24.5 Å². The second-order valence-electron chi connectivity index (χ2n) is 4.97. The molecule has 3 N–H and O–H groups in total. The molecule has 0 spiro atoms. The van der Waals surface area contributed by atoms with E-state index < -0.39 is 6.10 Å². The summed E-state index contributed by atoms with van der Waals surface area (Å²) in [6.07, 6.45) is 2.65. The van der Waals surface area contributed by atoms with Crippen LogP contribution in [-0.2, 0) is 0 Å². The molecule has 5 heteroatoms. The average molecular weight is 286 g/mol. The fraction of sp³-hybridized carbons (Fsp3) is 0.312. The molecule has 0 bridgehead atoms. The van der Waals surface area contributed by atoms with Gasteiger partial charge in [-0.2, -0.15) is 0 Å². The zero-order valence-electron chi connectivity index (χ0n) is 11.6. The largest absolute Gasteiger partial charge is 0.486 e. The molecule has 110 valence electrons. The minimum atomic E-state index is -0.680. The average Bonchev–Trinajstić information content (AvgIpc) is 2.56. The molecule has 0 radical (unpaired) electrons. The summed E-state index contributed by atoms with van der Waals surface area (Å²) in [5.74, 6) is 1.24.